The summed E-state index contributed by atoms with van der Waals surface area (Å²) >= 11 is 0. The van der Waals surface area contributed by atoms with E-state index in [-0.39, 0.29) is 24.3 Å². The third-order valence-corrected chi connectivity index (χ3v) is 3.22. The van der Waals surface area contributed by atoms with Gasteiger partial charge < -0.3 is 19.4 Å². The lowest BCUT2D eigenvalue weighted by atomic mass is 10.2. The van der Waals surface area contributed by atoms with Crippen molar-refractivity contribution in [3.05, 3.63) is 23.7 Å². The molecule has 0 aliphatic carbocycles. The quantitative estimate of drug-likeness (QED) is 0.873. The summed E-state index contributed by atoms with van der Waals surface area (Å²) in [5.74, 6) is 0.567. The van der Waals surface area contributed by atoms with Crippen molar-refractivity contribution in [1.82, 2.24) is 10.2 Å². The second-order valence-electron chi connectivity index (χ2n) is 4.70. The molecule has 1 aliphatic heterocycles. The van der Waals surface area contributed by atoms with Gasteiger partial charge in [0.15, 0.2) is 5.76 Å². The van der Waals surface area contributed by atoms with Crippen molar-refractivity contribution in [1.29, 1.82) is 0 Å². The zero-order valence-electron chi connectivity index (χ0n) is 11.2. The van der Waals surface area contributed by atoms with Gasteiger partial charge in [0.25, 0.3) is 5.91 Å². The van der Waals surface area contributed by atoms with Gasteiger partial charge in [0.05, 0.1) is 6.54 Å². The summed E-state index contributed by atoms with van der Waals surface area (Å²) in [4.78, 5) is 13.8. The van der Waals surface area contributed by atoms with Gasteiger partial charge in [-0.05, 0) is 19.2 Å². The maximum atomic E-state index is 13.5. The maximum absolute atomic E-state index is 13.5. The molecule has 1 aliphatic rings. The summed E-state index contributed by atoms with van der Waals surface area (Å²) in [6.45, 7) is 1.03. The average molecular weight is 270 g/mol. The van der Waals surface area contributed by atoms with Crippen molar-refractivity contribution in [3.8, 4) is 0 Å². The van der Waals surface area contributed by atoms with E-state index in [0.717, 1.165) is 0 Å². The predicted octanol–water partition coefficient (Wildman–Crippen LogP) is 1.20. The summed E-state index contributed by atoms with van der Waals surface area (Å²) in [5, 5.41) is 2.98. The monoisotopic (exact) mass is 270 g/mol. The van der Waals surface area contributed by atoms with Crippen LogP contribution < -0.4 is 5.32 Å². The summed E-state index contributed by atoms with van der Waals surface area (Å²) < 4.78 is 23.8. The number of hydrogen-bond donors (Lipinski definition) is 1. The zero-order chi connectivity index (χ0) is 13.8. The van der Waals surface area contributed by atoms with Gasteiger partial charge >= 0.3 is 0 Å². The number of rotatable bonds is 5. The summed E-state index contributed by atoms with van der Waals surface area (Å²) in [5.41, 5.74) is 0. The lowest BCUT2D eigenvalue weighted by molar-refractivity contribution is 0.0690. The molecule has 1 N–H and O–H groups in total. The molecule has 6 heteroatoms. The van der Waals surface area contributed by atoms with E-state index in [1.54, 1.807) is 26.3 Å². The molecule has 1 fully saturated rings. The number of likely N-dealkylation sites (N-methyl/N-ethyl adjacent to an activating group) is 1. The van der Waals surface area contributed by atoms with Crippen molar-refractivity contribution in [3.63, 3.8) is 0 Å². The van der Waals surface area contributed by atoms with Crippen LogP contribution in [-0.4, -0.2) is 50.3 Å². The molecule has 0 aromatic carbocycles. The molecule has 0 radical (unpaired) electrons. The van der Waals surface area contributed by atoms with Crippen molar-refractivity contribution in [2.75, 3.05) is 27.2 Å². The molecule has 19 heavy (non-hydrogen) atoms. The lowest BCUT2D eigenvalue weighted by Gasteiger charge is -2.22. The van der Waals surface area contributed by atoms with Crippen molar-refractivity contribution >= 4 is 5.91 Å². The first kappa shape index (κ1) is 14.0. The number of nitrogens with one attached hydrogen (secondary N) is 1. The van der Waals surface area contributed by atoms with Gasteiger partial charge in [0.1, 0.15) is 18.5 Å². The number of halogens is 1. The number of furan rings is 1. The Balaban J connectivity index is 2.08. The molecule has 0 bridgehead atoms. The number of nitrogens with zero attached hydrogens (tertiary/aromatic N) is 1. The molecule has 2 rings (SSSR count). The standard InChI is InChI=1S/C13H19FN2O3/c1-15-6-10-5-9(14)7-16(10)13(17)12-4-3-11(19-12)8-18-2/h3-4,9-10,15H,5-8H2,1-2H3/t9-,10-/m0/s1. The first-order chi connectivity index (χ1) is 9.15. The highest BCUT2D eigenvalue weighted by Gasteiger charge is 2.36. The maximum Gasteiger partial charge on any atom is 0.289 e. The summed E-state index contributed by atoms with van der Waals surface area (Å²) in [6, 6.07) is 3.19. The number of methoxy groups -OCH3 is 1. The van der Waals surface area contributed by atoms with Gasteiger partial charge in [-0.15, -0.1) is 0 Å². The van der Waals surface area contributed by atoms with Crippen LogP contribution in [0.25, 0.3) is 0 Å². The van der Waals surface area contributed by atoms with Gasteiger partial charge in [-0.3, -0.25) is 4.79 Å². The molecule has 0 unspecified atom stereocenters. The Morgan fingerprint density at radius 2 is 2.42 bits per heavy atom. The minimum Gasteiger partial charge on any atom is -0.453 e. The number of carbonyl (C=O) groups excluding carboxylic acids is 1. The Morgan fingerprint density at radius 1 is 1.63 bits per heavy atom. The zero-order valence-corrected chi connectivity index (χ0v) is 11.2. The SMILES string of the molecule is CNC[C@@H]1C[C@H](F)CN1C(=O)c1ccc(COC)o1. The molecule has 5 nitrogen and oxygen atoms in total. The van der Waals surface area contributed by atoms with Gasteiger partial charge in [-0.25, -0.2) is 4.39 Å². The molecular weight excluding hydrogens is 251 g/mol. The van der Waals surface area contributed by atoms with Crippen LogP contribution in [0.1, 0.15) is 22.7 Å². The Kier molecular flexibility index (Phi) is 4.55. The van der Waals surface area contributed by atoms with Crippen molar-refractivity contribution < 1.29 is 18.3 Å². The lowest BCUT2D eigenvalue weighted by Crippen LogP contribution is -2.40. The molecule has 106 valence electrons. The summed E-state index contributed by atoms with van der Waals surface area (Å²) in [7, 11) is 3.35. The topological polar surface area (TPSA) is 54.7 Å². The van der Waals surface area contributed by atoms with E-state index in [9.17, 15) is 9.18 Å². The number of carbonyl (C=O) groups is 1. The number of likely N-dealkylation sites (tertiary alicyclic amines) is 1. The second kappa shape index (κ2) is 6.16. The molecule has 2 heterocycles. The highest BCUT2D eigenvalue weighted by atomic mass is 19.1. The van der Waals surface area contributed by atoms with Gasteiger partial charge in [-0.2, -0.15) is 0 Å². The molecule has 1 aromatic rings. The molecule has 0 saturated carbocycles. The fraction of sp³-hybridized carbons (Fsp3) is 0.615. The number of hydrogen-bond acceptors (Lipinski definition) is 4. The Hall–Kier alpha value is -1.40. The molecule has 1 aromatic heterocycles. The van der Waals surface area contributed by atoms with Crippen LogP contribution in [0.3, 0.4) is 0 Å². The molecule has 1 saturated heterocycles. The summed E-state index contributed by atoms with van der Waals surface area (Å²) in [6.07, 6.45) is -0.589. The van der Waals surface area contributed by atoms with Crippen LogP contribution in [0.4, 0.5) is 4.39 Å². The first-order valence-electron chi connectivity index (χ1n) is 6.33. The molecule has 2 atom stereocenters. The minimum absolute atomic E-state index is 0.122. The van der Waals surface area contributed by atoms with E-state index in [4.69, 9.17) is 9.15 Å². The van der Waals surface area contributed by atoms with E-state index in [2.05, 4.69) is 5.32 Å². The van der Waals surface area contributed by atoms with Crippen LogP contribution in [-0.2, 0) is 11.3 Å². The number of ether oxygens (including phenoxy) is 1. The minimum atomic E-state index is -0.962. The van der Waals surface area contributed by atoms with Crippen molar-refractivity contribution in [2.45, 2.75) is 25.2 Å². The van der Waals surface area contributed by atoms with Crippen LogP contribution >= 0.6 is 0 Å². The van der Waals surface area contributed by atoms with Gasteiger partial charge in [0, 0.05) is 26.1 Å². The van der Waals surface area contributed by atoms with E-state index in [0.29, 0.717) is 25.3 Å². The smallest absolute Gasteiger partial charge is 0.289 e. The second-order valence-corrected chi connectivity index (χ2v) is 4.70. The van der Waals surface area contributed by atoms with Gasteiger partial charge in [-0.1, -0.05) is 0 Å². The van der Waals surface area contributed by atoms with E-state index in [1.165, 1.54) is 4.90 Å². The van der Waals surface area contributed by atoms with Crippen LogP contribution in [0.5, 0.6) is 0 Å². The molecule has 0 spiro atoms. The normalized spacial score (nSPS) is 23.0. The average Bonchev–Trinajstić information content (AvgIpc) is 2.97. The fourth-order valence-electron chi connectivity index (χ4n) is 2.39. The van der Waals surface area contributed by atoms with Crippen molar-refractivity contribution in [2.24, 2.45) is 0 Å². The van der Waals surface area contributed by atoms with Crippen LogP contribution in [0, 0.1) is 0 Å². The Morgan fingerprint density at radius 3 is 3.11 bits per heavy atom. The van der Waals surface area contributed by atoms with E-state index >= 15 is 0 Å². The predicted molar refractivity (Wildman–Crippen MR) is 67.7 cm³/mol. The van der Waals surface area contributed by atoms with Gasteiger partial charge in [0.2, 0.25) is 0 Å². The first-order valence-corrected chi connectivity index (χ1v) is 6.33. The van der Waals surface area contributed by atoms with E-state index in [1.807, 2.05) is 0 Å². The van der Waals surface area contributed by atoms with Crippen LogP contribution in [0.2, 0.25) is 0 Å². The fourth-order valence-corrected chi connectivity index (χ4v) is 2.39. The largest absolute Gasteiger partial charge is 0.453 e. The third kappa shape index (κ3) is 3.13. The Bertz CT molecular complexity index is 435. The number of amides is 1. The molecule has 1 amide bonds. The number of alkyl halides is 1. The van der Waals surface area contributed by atoms with E-state index < -0.39 is 6.17 Å². The molecular formula is C13H19FN2O3. The van der Waals surface area contributed by atoms with Crippen LogP contribution in [0.15, 0.2) is 16.5 Å². The highest BCUT2D eigenvalue weighted by molar-refractivity contribution is 5.92. The Labute approximate surface area is 111 Å². The third-order valence-electron chi connectivity index (χ3n) is 3.22. The highest BCUT2D eigenvalue weighted by Crippen LogP contribution is 2.23.